The van der Waals surface area contributed by atoms with Crippen LogP contribution in [-0.2, 0) is 9.59 Å². The Hall–Kier alpha value is -6.97. The zero-order valence-electron chi connectivity index (χ0n) is 39.3. The number of benzene rings is 8. The zero-order valence-corrected chi connectivity index (χ0v) is 40.0. The van der Waals surface area contributed by atoms with E-state index in [4.69, 9.17) is 30.5 Å². The van der Waals surface area contributed by atoms with Crippen molar-refractivity contribution in [3.05, 3.63) is 195 Å². The minimum Gasteiger partial charge on any atom is -0.493 e. The molecule has 0 atom stereocenters. The molecule has 0 spiro atoms. The lowest BCUT2D eigenvalue weighted by Gasteiger charge is -2.18. The van der Waals surface area contributed by atoms with Crippen LogP contribution in [-0.4, -0.2) is 73.2 Å². The molecule has 360 valence electrons. The van der Waals surface area contributed by atoms with Crippen LogP contribution in [0.1, 0.15) is 34.6 Å². The van der Waals surface area contributed by atoms with E-state index in [1.54, 1.807) is 0 Å². The Kier molecular flexibility index (Phi) is 23.5. The first-order chi connectivity index (χ1) is 33.1. The highest BCUT2D eigenvalue weighted by Gasteiger charge is 2.15. The van der Waals surface area contributed by atoms with Crippen LogP contribution in [0.15, 0.2) is 195 Å². The summed E-state index contributed by atoms with van der Waals surface area (Å²) in [5, 5.41) is 18.8. The summed E-state index contributed by atoms with van der Waals surface area (Å²) in [5.74, 6) is 2.98. The Bertz CT molecular complexity index is 2670. The smallest absolute Gasteiger partial charge is 0.244 e. The molecule has 0 aromatic heterocycles. The molecule has 1 N–H and O–H groups in total. The number of nitrogens with zero attached hydrogens (tertiary/aromatic N) is 1. The van der Waals surface area contributed by atoms with Crippen molar-refractivity contribution in [2.45, 2.75) is 40.7 Å². The fourth-order valence-corrected chi connectivity index (χ4v) is 7.09. The zero-order chi connectivity index (χ0) is 48.5. The van der Waals surface area contributed by atoms with Gasteiger partial charge in [-0.25, -0.2) is 0 Å². The normalized spacial score (nSPS) is 10.5. The summed E-state index contributed by atoms with van der Waals surface area (Å²) >= 11 is 4.71. The molecule has 8 nitrogen and oxygen atoms in total. The molecule has 9 heteroatoms. The number of allylic oxidation sites excluding steroid dienone is 2. The first kappa shape index (κ1) is 54.6. The van der Waals surface area contributed by atoms with Crippen molar-refractivity contribution in [2.24, 2.45) is 5.92 Å². The highest BCUT2D eigenvalue weighted by Crippen LogP contribution is 2.25. The maximum atomic E-state index is 12.0. The molecule has 0 unspecified atom stereocenters. The third kappa shape index (κ3) is 18.6. The third-order valence-corrected chi connectivity index (χ3v) is 11.1. The summed E-state index contributed by atoms with van der Waals surface area (Å²) in [7, 11) is 0. The largest absolute Gasteiger partial charge is 0.493 e. The number of ether oxygens (including phenoxy) is 4. The van der Waals surface area contributed by atoms with Crippen molar-refractivity contribution in [1.29, 1.82) is 0 Å². The molecule has 0 fully saturated rings. The monoisotopic (exact) mass is 947 g/mol. The summed E-state index contributed by atoms with van der Waals surface area (Å²) in [6.07, 6.45) is 2.04. The highest BCUT2D eigenvalue weighted by atomic mass is 35.5. The molecule has 8 aromatic carbocycles. The van der Waals surface area contributed by atoms with Gasteiger partial charge in [0, 0.05) is 12.3 Å². The van der Waals surface area contributed by atoms with Gasteiger partial charge in [0.05, 0.1) is 13.2 Å². The van der Waals surface area contributed by atoms with Crippen LogP contribution in [0.25, 0.3) is 43.1 Å². The Morgan fingerprint density at radius 2 is 0.768 bits per heavy atom. The number of halogens is 1. The number of aliphatic hydroxyl groups is 1. The molecule has 0 radical (unpaired) electrons. The van der Waals surface area contributed by atoms with Gasteiger partial charge in [0.2, 0.25) is 5.24 Å². The SMILES string of the molecule is C.C=CC(=O)CC(COc1ccc2ccccc2c1)COc1ccc2ccccc2c1.C=CC(=O)Cl.CCN(CC)CC.OC(COc1ccc2ccccc2c1)COc1ccc2ccccc2c1. The molecule has 0 aliphatic rings. The molecule has 0 bridgehead atoms. The van der Waals surface area contributed by atoms with Crippen LogP contribution in [0.4, 0.5) is 0 Å². The second-order valence-electron chi connectivity index (χ2n) is 15.8. The first-order valence-electron chi connectivity index (χ1n) is 22.9. The van der Waals surface area contributed by atoms with E-state index in [9.17, 15) is 14.7 Å². The lowest BCUT2D eigenvalue weighted by molar-refractivity contribution is -0.116. The molecule has 8 rings (SSSR count). The topological polar surface area (TPSA) is 94.5 Å². The van der Waals surface area contributed by atoms with E-state index in [1.165, 1.54) is 47.3 Å². The lowest BCUT2D eigenvalue weighted by Crippen LogP contribution is -2.25. The van der Waals surface area contributed by atoms with Crippen LogP contribution in [0.3, 0.4) is 0 Å². The quantitative estimate of drug-likeness (QED) is 0.0633. The van der Waals surface area contributed by atoms with E-state index in [0.29, 0.717) is 19.6 Å². The van der Waals surface area contributed by atoms with Gasteiger partial charge >= 0.3 is 0 Å². The van der Waals surface area contributed by atoms with Crippen LogP contribution in [0.5, 0.6) is 23.0 Å². The molecular formula is C60H66ClNO7. The number of hydrogen-bond donors (Lipinski definition) is 1. The van der Waals surface area contributed by atoms with Crippen LogP contribution in [0.2, 0.25) is 0 Å². The molecule has 0 amide bonds. The van der Waals surface area contributed by atoms with Gasteiger partial charge < -0.3 is 29.0 Å². The Balaban J connectivity index is 0.000000242. The number of carbonyl (C=O) groups excluding carboxylic acids is 2. The van der Waals surface area contributed by atoms with Gasteiger partial charge in [0.25, 0.3) is 0 Å². The maximum Gasteiger partial charge on any atom is 0.244 e. The number of hydrogen-bond acceptors (Lipinski definition) is 8. The van der Waals surface area contributed by atoms with Gasteiger partial charge in [-0.2, -0.15) is 0 Å². The van der Waals surface area contributed by atoms with Crippen molar-refractivity contribution >= 4 is 65.7 Å². The molecule has 0 heterocycles. The van der Waals surface area contributed by atoms with E-state index in [1.807, 2.05) is 133 Å². The first-order valence-corrected chi connectivity index (χ1v) is 23.3. The van der Waals surface area contributed by atoms with E-state index in [-0.39, 0.29) is 32.3 Å². The fourth-order valence-electron chi connectivity index (χ4n) is 7.09. The average Bonchev–Trinajstić information content (AvgIpc) is 3.38. The fraction of sp³-hybridized carbons (Fsp3) is 0.233. The summed E-state index contributed by atoms with van der Waals surface area (Å²) in [6, 6.07) is 56.4. The molecule has 0 saturated heterocycles. The van der Waals surface area contributed by atoms with Gasteiger partial charge in [0.1, 0.15) is 42.3 Å². The van der Waals surface area contributed by atoms with Crippen molar-refractivity contribution in [2.75, 3.05) is 46.1 Å². The molecule has 0 saturated carbocycles. The average molecular weight is 949 g/mol. The van der Waals surface area contributed by atoms with Crippen molar-refractivity contribution in [3.8, 4) is 23.0 Å². The van der Waals surface area contributed by atoms with Crippen LogP contribution < -0.4 is 18.9 Å². The van der Waals surface area contributed by atoms with Crippen molar-refractivity contribution in [3.63, 3.8) is 0 Å². The van der Waals surface area contributed by atoms with Gasteiger partial charge in [0.15, 0.2) is 5.78 Å². The summed E-state index contributed by atoms with van der Waals surface area (Å²) in [6.45, 7) is 18.0. The molecular weight excluding hydrogens is 882 g/mol. The van der Waals surface area contributed by atoms with Gasteiger partial charge in [-0.1, -0.05) is 163 Å². The van der Waals surface area contributed by atoms with Crippen molar-refractivity contribution in [1.82, 2.24) is 4.90 Å². The Labute approximate surface area is 413 Å². The Morgan fingerprint density at radius 1 is 0.493 bits per heavy atom. The maximum absolute atomic E-state index is 12.0. The number of rotatable bonds is 19. The minimum absolute atomic E-state index is 0. The molecule has 8 aromatic rings. The lowest BCUT2D eigenvalue weighted by atomic mass is 10.0. The van der Waals surface area contributed by atoms with E-state index in [0.717, 1.165) is 50.6 Å². The summed E-state index contributed by atoms with van der Waals surface area (Å²) in [4.78, 5) is 23.8. The van der Waals surface area contributed by atoms with Gasteiger partial charge in [-0.3, -0.25) is 9.59 Å². The second-order valence-corrected chi connectivity index (χ2v) is 16.2. The van der Waals surface area contributed by atoms with Crippen LogP contribution >= 0.6 is 11.6 Å². The van der Waals surface area contributed by atoms with E-state index < -0.39 is 11.3 Å². The number of fused-ring (bicyclic) bond motifs is 4. The third-order valence-electron chi connectivity index (χ3n) is 11.0. The van der Waals surface area contributed by atoms with E-state index in [2.05, 4.69) is 75.2 Å². The number of ketones is 1. The summed E-state index contributed by atoms with van der Waals surface area (Å²) in [5.41, 5.74) is 0. The predicted molar refractivity (Wildman–Crippen MR) is 288 cm³/mol. The predicted octanol–water partition coefficient (Wildman–Crippen LogP) is 13.9. The number of carbonyl (C=O) groups is 2. The molecule has 0 aliphatic carbocycles. The van der Waals surface area contributed by atoms with Crippen molar-refractivity contribution < 1.29 is 33.6 Å². The summed E-state index contributed by atoms with van der Waals surface area (Å²) < 4.78 is 23.4. The molecule has 69 heavy (non-hydrogen) atoms. The minimum atomic E-state index is -0.701. The van der Waals surface area contributed by atoms with Gasteiger partial charge in [-0.05, 0) is 135 Å². The second kappa shape index (κ2) is 29.7. The van der Waals surface area contributed by atoms with Crippen LogP contribution in [0, 0.1) is 5.92 Å². The number of aliphatic hydroxyl groups excluding tert-OH is 1. The highest BCUT2D eigenvalue weighted by molar-refractivity contribution is 6.66. The van der Waals surface area contributed by atoms with Gasteiger partial charge in [-0.15, -0.1) is 0 Å². The standard InChI is InChI=1S/C27H24O3.C23H20O3.C6H15N.C3H3ClO.CH4/c1-2-25(28)15-20(18-29-26-13-11-21-7-3-5-9-23(21)16-26)19-30-27-14-12-22-8-4-6-10-24(22)17-27;24-21(15-25-22-11-9-17-5-1-3-7-19(17)13-22)16-26-23-12-10-18-6-2-4-8-20(18)14-23;1-4-7(5-2)6-3;1-2-3(4)5;/h2-14,16-17,20H,1,15,18-19H2;1-14,21,24H,15-16H2;4-6H2,1-3H3;2H,1H2;1H4. The molecule has 0 aliphatic heterocycles. The Morgan fingerprint density at radius 3 is 1.01 bits per heavy atom. The van der Waals surface area contributed by atoms with E-state index >= 15 is 0 Å².